The average molecular weight is 502 g/mol. The zero-order valence-electron chi connectivity index (χ0n) is 18.9. The number of amides is 2. The van der Waals surface area contributed by atoms with Crippen molar-refractivity contribution in [3.05, 3.63) is 58.1 Å². The van der Waals surface area contributed by atoms with Crippen molar-refractivity contribution in [2.24, 2.45) is 0 Å². The molecule has 0 saturated carbocycles. The van der Waals surface area contributed by atoms with E-state index in [0.29, 0.717) is 42.3 Å². The predicted octanol–water partition coefficient (Wildman–Crippen LogP) is 5.05. The van der Waals surface area contributed by atoms with Crippen molar-refractivity contribution in [2.45, 2.75) is 32.6 Å². The molecule has 1 aliphatic rings. The normalized spacial score (nSPS) is 14.3. The summed E-state index contributed by atoms with van der Waals surface area (Å²) in [5.41, 5.74) is 1.63. The summed E-state index contributed by atoms with van der Waals surface area (Å²) in [5.74, 6) is 0.290. The average Bonchev–Trinajstić information content (AvgIpc) is 2.80. The zero-order chi connectivity index (χ0) is 22.9. The van der Waals surface area contributed by atoms with Crippen LogP contribution in [-0.4, -0.2) is 61.4 Å². The predicted molar refractivity (Wildman–Crippen MR) is 132 cm³/mol. The molecule has 2 aromatic carbocycles. The number of anilines is 1. The highest BCUT2D eigenvalue weighted by molar-refractivity contribution is 9.10. The van der Waals surface area contributed by atoms with Gasteiger partial charge in [0.15, 0.2) is 0 Å². The van der Waals surface area contributed by atoms with Gasteiger partial charge in [0.25, 0.3) is 11.8 Å². The molecule has 0 radical (unpaired) electrons. The molecule has 0 atom stereocenters. The first-order valence-electron chi connectivity index (χ1n) is 11.3. The monoisotopic (exact) mass is 501 g/mol. The van der Waals surface area contributed by atoms with Crippen LogP contribution in [0.1, 0.15) is 53.3 Å². The van der Waals surface area contributed by atoms with Gasteiger partial charge in [0, 0.05) is 41.9 Å². The Morgan fingerprint density at radius 1 is 1.03 bits per heavy atom. The van der Waals surface area contributed by atoms with Crippen LogP contribution >= 0.6 is 15.9 Å². The van der Waals surface area contributed by atoms with Gasteiger partial charge in [-0.1, -0.05) is 48.2 Å². The Morgan fingerprint density at radius 2 is 1.81 bits per heavy atom. The number of unbranched alkanes of at least 4 members (excludes halogenated alkanes) is 3. The number of piperazine rings is 1. The van der Waals surface area contributed by atoms with E-state index < -0.39 is 0 Å². The quantitative estimate of drug-likeness (QED) is 0.488. The van der Waals surface area contributed by atoms with E-state index >= 15 is 0 Å². The van der Waals surface area contributed by atoms with E-state index in [0.717, 1.165) is 30.4 Å². The maximum atomic E-state index is 13.0. The van der Waals surface area contributed by atoms with E-state index in [4.69, 9.17) is 4.74 Å². The Bertz CT molecular complexity index is 926. The van der Waals surface area contributed by atoms with Gasteiger partial charge in [-0.05, 0) is 49.9 Å². The Balaban J connectivity index is 1.67. The highest BCUT2D eigenvalue weighted by Gasteiger charge is 2.21. The van der Waals surface area contributed by atoms with Crippen LogP contribution in [0.5, 0.6) is 5.75 Å². The fourth-order valence-corrected chi connectivity index (χ4v) is 4.00. The molecular weight excluding hydrogens is 470 g/mol. The molecule has 0 spiro atoms. The van der Waals surface area contributed by atoms with Crippen LogP contribution in [0.4, 0.5) is 5.69 Å². The van der Waals surface area contributed by atoms with Crippen LogP contribution in [-0.2, 0) is 0 Å². The summed E-state index contributed by atoms with van der Waals surface area (Å²) >= 11 is 3.44. The van der Waals surface area contributed by atoms with Crippen molar-refractivity contribution in [1.82, 2.24) is 9.80 Å². The zero-order valence-corrected chi connectivity index (χ0v) is 20.5. The van der Waals surface area contributed by atoms with E-state index in [1.165, 1.54) is 12.8 Å². The first-order chi connectivity index (χ1) is 15.5. The van der Waals surface area contributed by atoms with Gasteiger partial charge in [-0.25, -0.2) is 0 Å². The van der Waals surface area contributed by atoms with Gasteiger partial charge in [-0.15, -0.1) is 0 Å². The Kier molecular flexibility index (Phi) is 9.11. The molecular formula is C25H32BrN3O3. The molecule has 0 bridgehead atoms. The minimum atomic E-state index is -0.265. The molecule has 7 heteroatoms. The third-order valence-electron chi connectivity index (χ3n) is 5.60. The SMILES string of the molecule is CCCCCCOc1ccc(Br)cc1C(=O)Nc1cccc(C(=O)N2CCN(C)CC2)c1. The summed E-state index contributed by atoms with van der Waals surface area (Å²) in [6.45, 7) is 5.91. The van der Waals surface area contributed by atoms with Crippen molar-refractivity contribution in [3.63, 3.8) is 0 Å². The number of benzene rings is 2. The second kappa shape index (κ2) is 12.0. The Hall–Kier alpha value is -2.38. The number of hydrogen-bond acceptors (Lipinski definition) is 4. The lowest BCUT2D eigenvalue weighted by Crippen LogP contribution is -2.47. The molecule has 0 aliphatic carbocycles. The van der Waals surface area contributed by atoms with Crippen molar-refractivity contribution < 1.29 is 14.3 Å². The Morgan fingerprint density at radius 3 is 2.56 bits per heavy atom. The van der Waals surface area contributed by atoms with Gasteiger partial charge < -0.3 is 19.9 Å². The molecule has 1 aliphatic heterocycles. The molecule has 1 heterocycles. The summed E-state index contributed by atoms with van der Waals surface area (Å²) < 4.78 is 6.71. The van der Waals surface area contributed by atoms with Gasteiger partial charge in [0.2, 0.25) is 0 Å². The van der Waals surface area contributed by atoms with E-state index in [1.54, 1.807) is 30.3 Å². The fraction of sp³-hybridized carbons (Fsp3) is 0.440. The van der Waals surface area contributed by atoms with E-state index in [-0.39, 0.29) is 11.8 Å². The van der Waals surface area contributed by atoms with Crippen LogP contribution in [0.25, 0.3) is 0 Å². The topological polar surface area (TPSA) is 61.9 Å². The molecule has 32 heavy (non-hydrogen) atoms. The first-order valence-corrected chi connectivity index (χ1v) is 12.1. The van der Waals surface area contributed by atoms with Crippen LogP contribution in [0.2, 0.25) is 0 Å². The maximum absolute atomic E-state index is 13.0. The molecule has 1 N–H and O–H groups in total. The van der Waals surface area contributed by atoms with Gasteiger partial charge in [0.05, 0.1) is 12.2 Å². The number of hydrogen-bond donors (Lipinski definition) is 1. The van der Waals surface area contributed by atoms with Gasteiger partial charge in [0.1, 0.15) is 5.75 Å². The summed E-state index contributed by atoms with van der Waals surface area (Å²) in [5, 5.41) is 2.92. The van der Waals surface area contributed by atoms with Gasteiger partial charge >= 0.3 is 0 Å². The van der Waals surface area contributed by atoms with Crippen LogP contribution in [0.15, 0.2) is 46.9 Å². The molecule has 0 aromatic heterocycles. The minimum Gasteiger partial charge on any atom is -0.493 e. The smallest absolute Gasteiger partial charge is 0.259 e. The minimum absolute atomic E-state index is 0.00671. The molecule has 3 rings (SSSR count). The molecule has 172 valence electrons. The number of carbonyl (C=O) groups excluding carboxylic acids is 2. The highest BCUT2D eigenvalue weighted by Crippen LogP contribution is 2.25. The standard InChI is InChI=1S/C25H32BrN3O3/c1-3-4-5-6-16-32-23-11-10-20(26)18-22(23)24(30)27-21-9-7-8-19(17-21)25(31)29-14-12-28(2)13-15-29/h7-11,17-18H,3-6,12-16H2,1-2H3,(H,27,30). The summed E-state index contributed by atoms with van der Waals surface area (Å²) in [6, 6.07) is 12.6. The lowest BCUT2D eigenvalue weighted by atomic mass is 10.1. The molecule has 2 amide bonds. The second-order valence-corrected chi connectivity index (χ2v) is 9.10. The summed E-state index contributed by atoms with van der Waals surface area (Å²) in [4.78, 5) is 30.0. The lowest BCUT2D eigenvalue weighted by molar-refractivity contribution is 0.0664. The van der Waals surface area contributed by atoms with Gasteiger partial charge in [-0.3, -0.25) is 9.59 Å². The van der Waals surface area contributed by atoms with Crippen LogP contribution in [0.3, 0.4) is 0 Å². The number of halogens is 1. The Labute approximate surface area is 199 Å². The third-order valence-corrected chi connectivity index (χ3v) is 6.09. The maximum Gasteiger partial charge on any atom is 0.259 e. The summed E-state index contributed by atoms with van der Waals surface area (Å²) in [7, 11) is 2.06. The third kappa shape index (κ3) is 6.81. The first kappa shape index (κ1) is 24.3. The van der Waals surface area contributed by atoms with Crippen molar-refractivity contribution in [3.8, 4) is 5.75 Å². The number of ether oxygens (including phenoxy) is 1. The lowest BCUT2D eigenvalue weighted by Gasteiger charge is -2.32. The van der Waals surface area contributed by atoms with Crippen LogP contribution < -0.4 is 10.1 Å². The molecule has 1 saturated heterocycles. The fourth-order valence-electron chi connectivity index (χ4n) is 3.64. The van der Waals surface area contributed by atoms with E-state index in [2.05, 4.69) is 40.1 Å². The number of rotatable bonds is 9. The highest BCUT2D eigenvalue weighted by atomic mass is 79.9. The van der Waals surface area contributed by atoms with Crippen molar-refractivity contribution >= 4 is 33.4 Å². The molecule has 6 nitrogen and oxygen atoms in total. The van der Waals surface area contributed by atoms with Crippen molar-refractivity contribution in [1.29, 1.82) is 0 Å². The van der Waals surface area contributed by atoms with Crippen LogP contribution in [0, 0.1) is 0 Å². The molecule has 1 fully saturated rings. The van der Waals surface area contributed by atoms with E-state index in [1.807, 2.05) is 17.0 Å². The number of nitrogens with zero attached hydrogens (tertiary/aromatic N) is 2. The van der Waals surface area contributed by atoms with Gasteiger partial charge in [-0.2, -0.15) is 0 Å². The summed E-state index contributed by atoms with van der Waals surface area (Å²) in [6.07, 6.45) is 4.42. The second-order valence-electron chi connectivity index (χ2n) is 8.18. The largest absolute Gasteiger partial charge is 0.493 e. The van der Waals surface area contributed by atoms with Crippen molar-refractivity contribution in [2.75, 3.05) is 45.2 Å². The number of carbonyl (C=O) groups is 2. The van der Waals surface area contributed by atoms with E-state index in [9.17, 15) is 9.59 Å². The molecule has 0 unspecified atom stereocenters. The number of likely N-dealkylation sites (N-methyl/N-ethyl adjacent to an activating group) is 1. The number of nitrogens with one attached hydrogen (secondary N) is 1. The molecule has 2 aromatic rings.